The van der Waals surface area contributed by atoms with E-state index in [1.165, 1.54) is 0 Å². The normalized spacial score (nSPS) is 15.3. The van der Waals surface area contributed by atoms with Crippen LogP contribution in [0.25, 0.3) is 0 Å². The molecule has 1 aromatic rings. The van der Waals surface area contributed by atoms with Crippen LogP contribution in [-0.2, 0) is 4.79 Å². The minimum atomic E-state index is -0.978. The molecule has 0 saturated heterocycles. The van der Waals surface area contributed by atoms with Gasteiger partial charge in [-0.2, -0.15) is 0 Å². The zero-order valence-corrected chi connectivity index (χ0v) is 15.6. The minimum Gasteiger partial charge on any atom is -0.388 e. The van der Waals surface area contributed by atoms with Gasteiger partial charge in [-0.05, 0) is 25.0 Å². The van der Waals surface area contributed by atoms with Crippen LogP contribution in [0.4, 0.5) is 5.69 Å². The maximum absolute atomic E-state index is 12.5. The highest BCUT2D eigenvalue weighted by Gasteiger charge is 2.28. The van der Waals surface area contributed by atoms with Crippen LogP contribution in [0.3, 0.4) is 0 Å². The van der Waals surface area contributed by atoms with E-state index in [9.17, 15) is 14.7 Å². The summed E-state index contributed by atoms with van der Waals surface area (Å²) in [6.07, 6.45) is 0.821. The molecule has 24 heavy (non-hydrogen) atoms. The summed E-state index contributed by atoms with van der Waals surface area (Å²) in [5.41, 5.74) is -0.675. The molecule has 2 amide bonds. The van der Waals surface area contributed by atoms with Gasteiger partial charge in [-0.1, -0.05) is 53.2 Å². The summed E-state index contributed by atoms with van der Waals surface area (Å²) < 4.78 is 0. The monoisotopic (exact) mass is 334 g/mol. The van der Waals surface area contributed by atoms with Crippen LogP contribution in [0.5, 0.6) is 0 Å². The SMILES string of the molecule is CCC(C)C(C)(O)CNC(=O)c1ccccc1NC(=O)C(C)(C)C. The first-order chi connectivity index (χ1) is 11.0. The molecule has 134 valence electrons. The van der Waals surface area contributed by atoms with E-state index in [0.29, 0.717) is 11.3 Å². The van der Waals surface area contributed by atoms with Crippen molar-refractivity contribution in [3.05, 3.63) is 29.8 Å². The second kappa shape index (κ2) is 7.79. The Labute approximate surface area is 144 Å². The van der Waals surface area contributed by atoms with Crippen molar-refractivity contribution in [2.24, 2.45) is 11.3 Å². The Morgan fingerprint density at radius 2 is 1.75 bits per heavy atom. The molecule has 0 aliphatic rings. The fourth-order valence-corrected chi connectivity index (χ4v) is 2.07. The van der Waals surface area contributed by atoms with E-state index in [1.54, 1.807) is 31.2 Å². The molecule has 0 aliphatic carbocycles. The average molecular weight is 334 g/mol. The molecule has 0 saturated carbocycles. The molecule has 0 radical (unpaired) electrons. The third-order valence-electron chi connectivity index (χ3n) is 4.38. The number of nitrogens with one attached hydrogen (secondary N) is 2. The van der Waals surface area contributed by atoms with Gasteiger partial charge in [0.05, 0.1) is 16.9 Å². The second-order valence-corrected chi connectivity index (χ2v) is 7.60. The van der Waals surface area contributed by atoms with Crippen LogP contribution >= 0.6 is 0 Å². The summed E-state index contributed by atoms with van der Waals surface area (Å²) in [5, 5.41) is 16.0. The molecule has 0 fully saturated rings. The lowest BCUT2D eigenvalue weighted by Crippen LogP contribution is -2.45. The largest absolute Gasteiger partial charge is 0.388 e. The number of carbonyl (C=O) groups excluding carboxylic acids is 2. The number of amides is 2. The second-order valence-electron chi connectivity index (χ2n) is 7.60. The lowest BCUT2D eigenvalue weighted by Gasteiger charge is -2.30. The maximum Gasteiger partial charge on any atom is 0.253 e. The minimum absolute atomic E-state index is 0.0636. The van der Waals surface area contributed by atoms with Crippen LogP contribution in [0, 0.1) is 11.3 Å². The smallest absolute Gasteiger partial charge is 0.253 e. The van der Waals surface area contributed by atoms with Crippen molar-refractivity contribution in [2.45, 2.75) is 53.6 Å². The Kier molecular flexibility index (Phi) is 6.55. The van der Waals surface area contributed by atoms with E-state index < -0.39 is 11.0 Å². The highest BCUT2D eigenvalue weighted by Crippen LogP contribution is 2.22. The zero-order chi connectivity index (χ0) is 18.5. The van der Waals surface area contributed by atoms with Crippen molar-refractivity contribution in [1.29, 1.82) is 0 Å². The average Bonchev–Trinajstić information content (AvgIpc) is 2.51. The van der Waals surface area contributed by atoms with Gasteiger partial charge in [0.15, 0.2) is 0 Å². The van der Waals surface area contributed by atoms with Crippen LogP contribution < -0.4 is 10.6 Å². The van der Waals surface area contributed by atoms with Crippen LogP contribution in [-0.4, -0.2) is 29.1 Å². The van der Waals surface area contributed by atoms with Gasteiger partial charge in [-0.3, -0.25) is 9.59 Å². The summed E-state index contributed by atoms with van der Waals surface area (Å²) in [5.74, 6) is -0.411. The predicted molar refractivity (Wildman–Crippen MR) is 96.9 cm³/mol. The summed E-state index contributed by atoms with van der Waals surface area (Å²) in [6, 6.07) is 6.87. The molecule has 3 N–H and O–H groups in total. The number of hydrogen-bond acceptors (Lipinski definition) is 3. The lowest BCUT2D eigenvalue weighted by atomic mass is 9.88. The van der Waals surface area contributed by atoms with Crippen LogP contribution in [0.2, 0.25) is 0 Å². The standard InChI is InChI=1S/C19H30N2O3/c1-7-13(2)19(6,24)12-20-16(22)14-10-8-9-11-15(14)21-17(23)18(3,4)5/h8-11,13,24H,7,12H2,1-6H3,(H,20,22)(H,21,23). The molecule has 5 heteroatoms. The molecular weight excluding hydrogens is 304 g/mol. The number of para-hydroxylation sites is 1. The van der Waals surface area contributed by atoms with Gasteiger partial charge in [0.25, 0.3) is 5.91 Å². The quantitative estimate of drug-likeness (QED) is 0.747. The third kappa shape index (κ3) is 5.34. The molecule has 5 nitrogen and oxygen atoms in total. The molecule has 0 aromatic heterocycles. The highest BCUT2D eigenvalue weighted by molar-refractivity contribution is 6.04. The number of carbonyl (C=O) groups is 2. The van der Waals surface area contributed by atoms with E-state index in [1.807, 2.05) is 34.6 Å². The van der Waals surface area contributed by atoms with Crippen LogP contribution in [0.15, 0.2) is 24.3 Å². The van der Waals surface area contributed by atoms with Gasteiger partial charge in [0.2, 0.25) is 5.91 Å². The molecule has 0 spiro atoms. The first-order valence-corrected chi connectivity index (χ1v) is 8.40. The summed E-state index contributed by atoms with van der Waals surface area (Å²) in [7, 11) is 0. The third-order valence-corrected chi connectivity index (χ3v) is 4.38. The van der Waals surface area contributed by atoms with Crippen molar-refractivity contribution in [2.75, 3.05) is 11.9 Å². The van der Waals surface area contributed by atoms with Crippen molar-refractivity contribution in [3.63, 3.8) is 0 Å². The van der Waals surface area contributed by atoms with E-state index in [0.717, 1.165) is 6.42 Å². The fraction of sp³-hybridized carbons (Fsp3) is 0.579. The maximum atomic E-state index is 12.5. The summed E-state index contributed by atoms with van der Waals surface area (Å²) >= 11 is 0. The number of aliphatic hydroxyl groups is 1. The molecule has 0 heterocycles. The Hall–Kier alpha value is -1.88. The van der Waals surface area contributed by atoms with Crippen LogP contribution in [0.1, 0.15) is 58.3 Å². The predicted octanol–water partition coefficient (Wildman–Crippen LogP) is 3.20. The molecule has 1 aromatic carbocycles. The lowest BCUT2D eigenvalue weighted by molar-refractivity contribution is -0.123. The topological polar surface area (TPSA) is 78.4 Å². The van der Waals surface area contributed by atoms with E-state index in [2.05, 4.69) is 10.6 Å². The van der Waals surface area contributed by atoms with Crippen molar-refractivity contribution in [1.82, 2.24) is 5.32 Å². The molecular formula is C19H30N2O3. The first kappa shape index (κ1) is 20.2. The number of rotatable bonds is 6. The first-order valence-electron chi connectivity index (χ1n) is 8.40. The molecule has 0 aliphatic heterocycles. The Morgan fingerprint density at radius 1 is 1.17 bits per heavy atom. The summed E-state index contributed by atoms with van der Waals surface area (Å²) in [4.78, 5) is 24.7. The van der Waals surface area contributed by atoms with E-state index in [-0.39, 0.29) is 24.3 Å². The van der Waals surface area contributed by atoms with Crippen molar-refractivity contribution in [3.8, 4) is 0 Å². The van der Waals surface area contributed by atoms with Crippen molar-refractivity contribution >= 4 is 17.5 Å². The van der Waals surface area contributed by atoms with Gasteiger partial charge in [0, 0.05) is 12.0 Å². The highest BCUT2D eigenvalue weighted by atomic mass is 16.3. The van der Waals surface area contributed by atoms with Gasteiger partial charge in [-0.15, -0.1) is 0 Å². The zero-order valence-electron chi connectivity index (χ0n) is 15.6. The Morgan fingerprint density at radius 3 is 2.29 bits per heavy atom. The van der Waals surface area contributed by atoms with E-state index in [4.69, 9.17) is 0 Å². The van der Waals surface area contributed by atoms with Gasteiger partial charge >= 0.3 is 0 Å². The van der Waals surface area contributed by atoms with Gasteiger partial charge < -0.3 is 15.7 Å². The number of benzene rings is 1. The molecule has 1 rings (SSSR count). The number of hydrogen-bond donors (Lipinski definition) is 3. The van der Waals surface area contributed by atoms with Crippen molar-refractivity contribution < 1.29 is 14.7 Å². The number of anilines is 1. The summed E-state index contributed by atoms with van der Waals surface area (Å²) in [6.45, 7) is 11.3. The van der Waals surface area contributed by atoms with Gasteiger partial charge in [0.1, 0.15) is 0 Å². The molecule has 2 unspecified atom stereocenters. The molecule has 0 bridgehead atoms. The van der Waals surface area contributed by atoms with Gasteiger partial charge in [-0.25, -0.2) is 0 Å². The fourth-order valence-electron chi connectivity index (χ4n) is 2.07. The molecule has 2 atom stereocenters. The Bertz CT molecular complexity index is 589. The Balaban J connectivity index is 2.87. The van der Waals surface area contributed by atoms with E-state index >= 15 is 0 Å².